The fraction of sp³-hybridized carbons (Fsp3) is 0.267. The Morgan fingerprint density at radius 1 is 1.33 bits per heavy atom. The van der Waals surface area contributed by atoms with Gasteiger partial charge in [0.1, 0.15) is 0 Å². The third-order valence-electron chi connectivity index (χ3n) is 3.16. The maximum atomic E-state index is 12.1. The van der Waals surface area contributed by atoms with Crippen LogP contribution in [0.15, 0.2) is 28.9 Å². The molecular weight excluding hydrogens is 336 g/mol. The number of carbonyl (C=O) groups is 3. The average molecular weight is 352 g/mol. The van der Waals surface area contributed by atoms with Crippen molar-refractivity contribution >= 4 is 34.1 Å². The van der Waals surface area contributed by atoms with E-state index in [1.54, 1.807) is 19.1 Å². The second kappa shape index (κ2) is 6.85. The van der Waals surface area contributed by atoms with Crippen molar-refractivity contribution in [3.63, 3.8) is 0 Å². The molecule has 2 rings (SSSR count). The highest BCUT2D eigenvalue weighted by atomic mass is 32.1. The summed E-state index contributed by atoms with van der Waals surface area (Å²) in [5, 5.41) is 23.9. The first-order valence-electron chi connectivity index (χ1n) is 6.90. The number of anilines is 1. The molecule has 2 aromatic rings. The van der Waals surface area contributed by atoms with Gasteiger partial charge in [-0.3, -0.25) is 9.59 Å². The molecule has 0 fully saturated rings. The number of aliphatic carboxylic acids is 1. The molecule has 0 spiro atoms. The van der Waals surface area contributed by atoms with E-state index >= 15 is 0 Å². The Bertz CT molecular complexity index is 763. The zero-order chi connectivity index (χ0) is 17.9. The van der Waals surface area contributed by atoms with Gasteiger partial charge in [0.2, 0.25) is 0 Å². The molecule has 0 aliphatic carbocycles. The van der Waals surface area contributed by atoms with Crippen molar-refractivity contribution in [3.05, 3.63) is 40.7 Å². The van der Waals surface area contributed by atoms with Crippen LogP contribution in [-0.2, 0) is 4.79 Å². The van der Waals surface area contributed by atoms with Gasteiger partial charge < -0.3 is 25.3 Å². The molecule has 0 aromatic carbocycles. The van der Waals surface area contributed by atoms with Gasteiger partial charge in [-0.1, -0.05) is 0 Å². The molecule has 2 aromatic heterocycles. The van der Waals surface area contributed by atoms with Crippen LogP contribution in [0.25, 0.3) is 0 Å². The van der Waals surface area contributed by atoms with E-state index in [4.69, 9.17) is 9.52 Å². The Morgan fingerprint density at radius 3 is 2.62 bits per heavy atom. The van der Waals surface area contributed by atoms with Gasteiger partial charge in [0.05, 0.1) is 22.7 Å². The minimum absolute atomic E-state index is 0.143. The summed E-state index contributed by atoms with van der Waals surface area (Å²) in [6, 6.07) is 4.72. The number of rotatable bonds is 6. The van der Waals surface area contributed by atoms with Gasteiger partial charge in [-0.2, -0.15) is 0 Å². The van der Waals surface area contributed by atoms with Crippen LogP contribution in [0.3, 0.4) is 0 Å². The zero-order valence-corrected chi connectivity index (χ0v) is 13.8. The summed E-state index contributed by atoms with van der Waals surface area (Å²) in [6.07, 6.45) is 1.38. The van der Waals surface area contributed by atoms with E-state index in [1.165, 1.54) is 12.3 Å². The number of carbonyl (C=O) groups excluding carboxylic acids is 2. The van der Waals surface area contributed by atoms with E-state index in [2.05, 4.69) is 10.6 Å². The lowest BCUT2D eigenvalue weighted by Crippen LogP contribution is -2.46. The molecule has 0 bridgehead atoms. The number of hydrogen-bond acceptors (Lipinski definition) is 6. The fourth-order valence-corrected chi connectivity index (χ4v) is 2.74. The lowest BCUT2D eigenvalue weighted by atomic mass is 10.1. The highest BCUT2D eigenvalue weighted by Crippen LogP contribution is 2.27. The predicted molar refractivity (Wildman–Crippen MR) is 86.3 cm³/mol. The van der Waals surface area contributed by atoms with Crippen molar-refractivity contribution in [3.8, 4) is 0 Å². The summed E-state index contributed by atoms with van der Waals surface area (Å²) in [7, 11) is 0. The average Bonchev–Trinajstić information content (AvgIpc) is 3.14. The van der Waals surface area contributed by atoms with Crippen LogP contribution in [0.4, 0.5) is 5.00 Å². The number of amides is 2. The van der Waals surface area contributed by atoms with E-state index in [9.17, 15) is 19.5 Å². The molecule has 24 heavy (non-hydrogen) atoms. The molecule has 1 atom stereocenters. The third kappa shape index (κ3) is 4.00. The Kier molecular flexibility index (Phi) is 5.05. The largest absolute Gasteiger partial charge is 0.479 e. The molecule has 1 unspecified atom stereocenters. The molecule has 4 N–H and O–H groups in total. The van der Waals surface area contributed by atoms with E-state index in [0.717, 1.165) is 18.3 Å². The van der Waals surface area contributed by atoms with Crippen molar-refractivity contribution in [2.24, 2.45) is 0 Å². The molecule has 0 saturated heterocycles. The lowest BCUT2D eigenvalue weighted by molar-refractivity contribution is -0.155. The standard InChI is InChI=1S/C15H16N2O6S/c1-8-6-10(17-12(18)9-4-3-5-23-9)24-11(8)13(19)16-7-15(2,22)14(20)21/h3-6,22H,7H2,1-2H3,(H,16,19)(H,17,18)(H,20,21). The minimum Gasteiger partial charge on any atom is -0.479 e. The molecular formula is C15H16N2O6S. The van der Waals surface area contributed by atoms with Crippen LogP contribution >= 0.6 is 11.3 Å². The van der Waals surface area contributed by atoms with Crippen molar-refractivity contribution in [2.75, 3.05) is 11.9 Å². The van der Waals surface area contributed by atoms with Gasteiger partial charge in [0, 0.05) is 0 Å². The number of nitrogens with one attached hydrogen (secondary N) is 2. The van der Waals surface area contributed by atoms with Gasteiger partial charge in [0.15, 0.2) is 11.4 Å². The highest BCUT2D eigenvalue weighted by molar-refractivity contribution is 7.18. The molecule has 2 amide bonds. The van der Waals surface area contributed by atoms with E-state index in [-0.39, 0.29) is 5.76 Å². The molecule has 2 heterocycles. The minimum atomic E-state index is -2.06. The number of aryl methyl sites for hydroxylation is 1. The maximum Gasteiger partial charge on any atom is 0.337 e. The fourth-order valence-electron chi connectivity index (χ4n) is 1.76. The number of furan rings is 1. The molecule has 8 nitrogen and oxygen atoms in total. The lowest BCUT2D eigenvalue weighted by Gasteiger charge is -2.18. The Labute approximate surface area is 141 Å². The Hall–Kier alpha value is -2.65. The molecule has 0 aliphatic heterocycles. The Morgan fingerprint density at radius 2 is 2.04 bits per heavy atom. The zero-order valence-electron chi connectivity index (χ0n) is 13.0. The van der Waals surface area contributed by atoms with Crippen LogP contribution < -0.4 is 10.6 Å². The van der Waals surface area contributed by atoms with Crippen LogP contribution in [-0.4, -0.2) is 40.1 Å². The normalized spacial score (nSPS) is 13.1. The van der Waals surface area contributed by atoms with Gasteiger partial charge in [0.25, 0.3) is 11.8 Å². The number of carboxylic acids is 1. The molecule has 0 saturated carbocycles. The molecule has 0 aliphatic rings. The van der Waals surface area contributed by atoms with Gasteiger partial charge in [-0.25, -0.2) is 4.79 Å². The van der Waals surface area contributed by atoms with Gasteiger partial charge in [-0.05, 0) is 37.6 Å². The summed E-state index contributed by atoms with van der Waals surface area (Å²) in [5.41, 5.74) is -1.45. The van der Waals surface area contributed by atoms with Crippen molar-refractivity contribution < 1.29 is 29.0 Å². The van der Waals surface area contributed by atoms with Gasteiger partial charge in [-0.15, -0.1) is 11.3 Å². The highest BCUT2D eigenvalue weighted by Gasteiger charge is 2.30. The number of hydrogen-bond donors (Lipinski definition) is 4. The SMILES string of the molecule is Cc1cc(NC(=O)c2ccco2)sc1C(=O)NCC(C)(O)C(=O)O. The van der Waals surface area contributed by atoms with E-state index < -0.39 is 29.9 Å². The molecule has 128 valence electrons. The van der Waals surface area contributed by atoms with Gasteiger partial charge >= 0.3 is 5.97 Å². The smallest absolute Gasteiger partial charge is 0.337 e. The summed E-state index contributed by atoms with van der Waals surface area (Å²) in [6.45, 7) is 2.34. The number of thiophene rings is 1. The quantitative estimate of drug-likeness (QED) is 0.623. The van der Waals surface area contributed by atoms with E-state index in [1.807, 2.05) is 0 Å². The third-order valence-corrected chi connectivity index (χ3v) is 4.31. The summed E-state index contributed by atoms with van der Waals surface area (Å²) in [4.78, 5) is 35.2. The summed E-state index contributed by atoms with van der Waals surface area (Å²) >= 11 is 1.04. The maximum absolute atomic E-state index is 12.1. The van der Waals surface area contributed by atoms with Crippen molar-refractivity contribution in [1.82, 2.24) is 5.32 Å². The monoisotopic (exact) mass is 352 g/mol. The van der Waals surface area contributed by atoms with E-state index in [0.29, 0.717) is 15.4 Å². The second-order valence-electron chi connectivity index (χ2n) is 5.32. The number of carboxylic acid groups (broad SMARTS) is 1. The first-order chi connectivity index (χ1) is 11.2. The van der Waals surface area contributed by atoms with Crippen molar-refractivity contribution in [1.29, 1.82) is 0 Å². The van der Waals surface area contributed by atoms with Crippen LogP contribution in [0.5, 0.6) is 0 Å². The Balaban J connectivity index is 2.04. The first kappa shape index (κ1) is 17.7. The van der Waals surface area contributed by atoms with Crippen LogP contribution in [0.2, 0.25) is 0 Å². The number of aliphatic hydroxyl groups is 1. The van der Waals surface area contributed by atoms with Crippen molar-refractivity contribution in [2.45, 2.75) is 19.4 Å². The van der Waals surface area contributed by atoms with Crippen LogP contribution in [0.1, 0.15) is 32.7 Å². The predicted octanol–water partition coefficient (Wildman–Crippen LogP) is 1.47. The summed E-state index contributed by atoms with van der Waals surface area (Å²) < 4.78 is 4.98. The first-order valence-corrected chi connectivity index (χ1v) is 7.71. The summed E-state index contributed by atoms with van der Waals surface area (Å²) in [5.74, 6) is -2.26. The van der Waals surface area contributed by atoms with Crippen LogP contribution in [0, 0.1) is 6.92 Å². The second-order valence-corrected chi connectivity index (χ2v) is 6.37. The topological polar surface area (TPSA) is 129 Å². The molecule has 0 radical (unpaired) electrons. The molecule has 9 heteroatoms.